The molecule has 1 saturated carbocycles. The van der Waals surface area contributed by atoms with Crippen LogP contribution in [0.15, 0.2) is 16.8 Å². The van der Waals surface area contributed by atoms with Crippen LogP contribution in [0.2, 0.25) is 0 Å². The molecule has 2 N–H and O–H groups in total. The van der Waals surface area contributed by atoms with Gasteiger partial charge in [0, 0.05) is 37.9 Å². The molecule has 2 aliphatic rings. The first kappa shape index (κ1) is 13.6. The summed E-state index contributed by atoms with van der Waals surface area (Å²) >= 11 is 1.79. The molecule has 106 valence electrons. The molecular formula is C15H24N2OS. The number of nitrogens with zero attached hydrogens (tertiary/aromatic N) is 1. The Bertz CT molecular complexity index is 381. The standard InChI is InChI=1S/C15H24N2OS/c16-12-15(5-1-7-18-8-6-15)17(14-2-3-14)10-13-4-9-19-11-13/h4,9,11,14H,1-3,5-8,10,12,16H2. The Morgan fingerprint density at radius 1 is 1.37 bits per heavy atom. The molecule has 1 saturated heterocycles. The zero-order chi connectivity index (χ0) is 13.1. The Morgan fingerprint density at radius 3 is 2.95 bits per heavy atom. The monoisotopic (exact) mass is 280 g/mol. The van der Waals surface area contributed by atoms with Crippen molar-refractivity contribution >= 4 is 11.3 Å². The van der Waals surface area contributed by atoms with E-state index in [9.17, 15) is 0 Å². The topological polar surface area (TPSA) is 38.5 Å². The second kappa shape index (κ2) is 5.92. The van der Waals surface area contributed by atoms with Crippen LogP contribution in [0.4, 0.5) is 0 Å². The molecule has 4 heteroatoms. The van der Waals surface area contributed by atoms with Crippen LogP contribution < -0.4 is 5.73 Å². The van der Waals surface area contributed by atoms with Crippen molar-refractivity contribution in [2.24, 2.45) is 5.73 Å². The average molecular weight is 280 g/mol. The molecule has 1 aromatic rings. The van der Waals surface area contributed by atoms with Crippen LogP contribution >= 0.6 is 11.3 Å². The second-order valence-electron chi connectivity index (χ2n) is 5.89. The molecular weight excluding hydrogens is 256 g/mol. The Kier molecular flexibility index (Phi) is 4.22. The summed E-state index contributed by atoms with van der Waals surface area (Å²) in [4.78, 5) is 2.70. The molecule has 0 radical (unpaired) electrons. The molecule has 2 heterocycles. The highest BCUT2D eigenvalue weighted by molar-refractivity contribution is 7.07. The first-order chi connectivity index (χ1) is 9.34. The van der Waals surface area contributed by atoms with Gasteiger partial charge in [-0.25, -0.2) is 0 Å². The normalized spacial score (nSPS) is 28.5. The summed E-state index contributed by atoms with van der Waals surface area (Å²) in [5.74, 6) is 0. The zero-order valence-electron chi connectivity index (χ0n) is 11.5. The number of rotatable bonds is 5. The van der Waals surface area contributed by atoms with E-state index in [1.165, 1.54) is 24.8 Å². The molecule has 1 unspecified atom stereocenters. The largest absolute Gasteiger partial charge is 0.381 e. The molecule has 2 fully saturated rings. The first-order valence-corrected chi connectivity index (χ1v) is 8.34. The molecule has 19 heavy (non-hydrogen) atoms. The summed E-state index contributed by atoms with van der Waals surface area (Å²) in [6, 6.07) is 3.00. The van der Waals surface area contributed by atoms with Gasteiger partial charge in [-0.05, 0) is 54.5 Å². The number of nitrogens with two attached hydrogens (primary N) is 1. The van der Waals surface area contributed by atoms with Crippen LogP contribution in [-0.2, 0) is 11.3 Å². The minimum absolute atomic E-state index is 0.166. The fourth-order valence-electron chi connectivity index (χ4n) is 3.25. The molecule has 1 aliphatic carbocycles. The van der Waals surface area contributed by atoms with E-state index in [0.29, 0.717) is 0 Å². The SMILES string of the molecule is NCC1(N(Cc2ccsc2)C2CC2)CCCOCC1. The van der Waals surface area contributed by atoms with Crippen LogP contribution in [0.1, 0.15) is 37.7 Å². The van der Waals surface area contributed by atoms with Crippen LogP contribution in [0, 0.1) is 0 Å². The lowest BCUT2D eigenvalue weighted by Crippen LogP contribution is -2.54. The van der Waals surface area contributed by atoms with Crippen molar-refractivity contribution in [3.05, 3.63) is 22.4 Å². The molecule has 0 bridgehead atoms. The smallest absolute Gasteiger partial charge is 0.0484 e. The maximum Gasteiger partial charge on any atom is 0.0484 e. The molecule has 3 nitrogen and oxygen atoms in total. The summed E-state index contributed by atoms with van der Waals surface area (Å²) in [7, 11) is 0. The summed E-state index contributed by atoms with van der Waals surface area (Å²) in [5, 5.41) is 4.44. The maximum absolute atomic E-state index is 6.21. The van der Waals surface area contributed by atoms with Gasteiger partial charge in [0.25, 0.3) is 0 Å². The third-order valence-electron chi connectivity index (χ3n) is 4.55. The van der Waals surface area contributed by atoms with Crippen molar-refractivity contribution in [3.63, 3.8) is 0 Å². The lowest BCUT2D eigenvalue weighted by molar-refractivity contribution is 0.0526. The van der Waals surface area contributed by atoms with E-state index in [1.807, 2.05) is 0 Å². The predicted octanol–water partition coefficient (Wildman–Crippen LogP) is 2.61. The van der Waals surface area contributed by atoms with Crippen molar-refractivity contribution in [3.8, 4) is 0 Å². The first-order valence-electron chi connectivity index (χ1n) is 7.40. The van der Waals surface area contributed by atoms with Gasteiger partial charge in [-0.1, -0.05) is 0 Å². The summed E-state index contributed by atoms with van der Waals surface area (Å²) < 4.78 is 5.66. The maximum atomic E-state index is 6.21. The van der Waals surface area contributed by atoms with E-state index in [1.54, 1.807) is 11.3 Å². The van der Waals surface area contributed by atoms with Crippen LogP contribution in [-0.4, -0.2) is 36.2 Å². The minimum atomic E-state index is 0.166. The fraction of sp³-hybridized carbons (Fsp3) is 0.733. The van der Waals surface area contributed by atoms with Gasteiger partial charge in [0.05, 0.1) is 0 Å². The zero-order valence-corrected chi connectivity index (χ0v) is 12.3. The van der Waals surface area contributed by atoms with Gasteiger partial charge < -0.3 is 10.5 Å². The van der Waals surface area contributed by atoms with E-state index in [-0.39, 0.29) is 5.54 Å². The van der Waals surface area contributed by atoms with E-state index in [2.05, 4.69) is 21.7 Å². The third kappa shape index (κ3) is 3.02. The van der Waals surface area contributed by atoms with Crippen LogP contribution in [0.25, 0.3) is 0 Å². The minimum Gasteiger partial charge on any atom is -0.381 e. The van der Waals surface area contributed by atoms with Crippen LogP contribution in [0.3, 0.4) is 0 Å². The van der Waals surface area contributed by atoms with Gasteiger partial charge in [-0.2, -0.15) is 11.3 Å². The van der Waals surface area contributed by atoms with E-state index >= 15 is 0 Å². The van der Waals surface area contributed by atoms with Gasteiger partial charge in [0.2, 0.25) is 0 Å². The van der Waals surface area contributed by atoms with Gasteiger partial charge >= 0.3 is 0 Å². The Morgan fingerprint density at radius 2 is 2.26 bits per heavy atom. The number of thiophene rings is 1. The highest BCUT2D eigenvalue weighted by Gasteiger charge is 2.43. The number of ether oxygens (including phenoxy) is 1. The molecule has 0 amide bonds. The van der Waals surface area contributed by atoms with E-state index in [4.69, 9.17) is 10.5 Å². The van der Waals surface area contributed by atoms with Gasteiger partial charge in [-0.15, -0.1) is 0 Å². The van der Waals surface area contributed by atoms with Crippen LogP contribution in [0.5, 0.6) is 0 Å². The Hall–Kier alpha value is -0.420. The van der Waals surface area contributed by atoms with E-state index < -0.39 is 0 Å². The molecule has 0 aromatic carbocycles. The average Bonchev–Trinajstić information content (AvgIpc) is 3.20. The molecule has 1 atom stereocenters. The third-order valence-corrected chi connectivity index (χ3v) is 5.28. The highest BCUT2D eigenvalue weighted by atomic mass is 32.1. The fourth-order valence-corrected chi connectivity index (χ4v) is 3.91. The van der Waals surface area contributed by atoms with Crippen molar-refractivity contribution in [1.29, 1.82) is 0 Å². The summed E-state index contributed by atoms with van der Waals surface area (Å²) in [5.41, 5.74) is 7.81. The summed E-state index contributed by atoms with van der Waals surface area (Å²) in [6.07, 6.45) is 6.10. The van der Waals surface area contributed by atoms with Crippen molar-refractivity contribution in [2.45, 2.75) is 50.2 Å². The lowest BCUT2D eigenvalue weighted by atomic mass is 9.87. The van der Waals surface area contributed by atoms with Gasteiger partial charge in [-0.3, -0.25) is 4.90 Å². The molecule has 1 aliphatic heterocycles. The highest BCUT2D eigenvalue weighted by Crippen LogP contribution is 2.39. The van der Waals surface area contributed by atoms with Crippen molar-refractivity contribution < 1.29 is 4.74 Å². The number of hydrogen-bond donors (Lipinski definition) is 1. The van der Waals surface area contributed by atoms with Gasteiger partial charge in [0.15, 0.2) is 0 Å². The van der Waals surface area contributed by atoms with Crippen molar-refractivity contribution in [2.75, 3.05) is 19.8 Å². The Balaban J connectivity index is 1.79. The van der Waals surface area contributed by atoms with Crippen molar-refractivity contribution in [1.82, 2.24) is 4.90 Å². The van der Waals surface area contributed by atoms with E-state index in [0.717, 1.165) is 45.2 Å². The lowest BCUT2D eigenvalue weighted by Gasteiger charge is -2.43. The predicted molar refractivity (Wildman–Crippen MR) is 79.3 cm³/mol. The number of hydrogen-bond acceptors (Lipinski definition) is 4. The molecule has 1 aromatic heterocycles. The summed E-state index contributed by atoms with van der Waals surface area (Å²) in [6.45, 7) is 3.59. The molecule has 3 rings (SSSR count). The molecule has 0 spiro atoms. The Labute approximate surface area is 119 Å². The second-order valence-corrected chi connectivity index (χ2v) is 6.67. The quantitative estimate of drug-likeness (QED) is 0.901. The van der Waals surface area contributed by atoms with Gasteiger partial charge in [0.1, 0.15) is 0 Å².